The summed E-state index contributed by atoms with van der Waals surface area (Å²) in [5.41, 5.74) is 0.591. The van der Waals surface area contributed by atoms with Crippen molar-refractivity contribution < 1.29 is 4.39 Å². The first-order chi connectivity index (χ1) is 10.2. The molecule has 2 rings (SSSR count). The molecule has 0 bridgehead atoms. The van der Waals surface area contributed by atoms with Crippen LogP contribution in [0.5, 0.6) is 0 Å². The van der Waals surface area contributed by atoms with Gasteiger partial charge in [0.05, 0.1) is 16.9 Å². The highest BCUT2D eigenvalue weighted by molar-refractivity contribution is 14.0. The highest BCUT2D eigenvalue weighted by atomic mass is 127. The zero-order chi connectivity index (χ0) is 15.1. The summed E-state index contributed by atoms with van der Waals surface area (Å²) in [6.07, 6.45) is 0. The molecule has 2 aromatic rings. The Kier molecular flexibility index (Phi) is 8.96. The summed E-state index contributed by atoms with van der Waals surface area (Å²) in [4.78, 5) is 5.62. The third-order valence-corrected chi connectivity index (χ3v) is 4.39. The average Bonchev–Trinajstić information content (AvgIpc) is 2.89. The van der Waals surface area contributed by atoms with E-state index in [0.717, 1.165) is 10.3 Å². The van der Waals surface area contributed by atoms with Gasteiger partial charge in [-0.1, -0.05) is 18.2 Å². The maximum absolute atomic E-state index is 13.6. The van der Waals surface area contributed by atoms with Crippen LogP contribution in [0.3, 0.4) is 0 Å². The van der Waals surface area contributed by atoms with Gasteiger partial charge < -0.3 is 10.6 Å². The van der Waals surface area contributed by atoms with Crippen LogP contribution >= 0.6 is 51.2 Å². The molecule has 3 nitrogen and oxygen atoms in total. The lowest BCUT2D eigenvalue weighted by Gasteiger charge is -2.10. The molecule has 0 spiro atoms. The monoisotopic (exact) mass is 497 g/mol. The maximum Gasteiger partial charge on any atom is 0.191 e. The zero-order valence-electron chi connectivity index (χ0n) is 12.1. The summed E-state index contributed by atoms with van der Waals surface area (Å²) in [6, 6.07) is 10.8. The number of benzene rings is 1. The SMILES string of the molecule is CCNC(=NCc1ccccc1F)NCc1ccc(Br)s1.I. The van der Waals surface area contributed by atoms with E-state index in [4.69, 9.17) is 0 Å². The van der Waals surface area contributed by atoms with Crippen LogP contribution in [0.1, 0.15) is 17.4 Å². The Labute approximate surface area is 159 Å². The molecule has 0 atom stereocenters. The molecule has 1 heterocycles. The van der Waals surface area contributed by atoms with Crippen LogP contribution in [0, 0.1) is 5.82 Å². The molecule has 0 saturated carbocycles. The van der Waals surface area contributed by atoms with E-state index in [1.165, 1.54) is 10.9 Å². The quantitative estimate of drug-likeness (QED) is 0.362. The standard InChI is InChI=1S/C15H17BrFN3S.HI/c1-2-18-15(20-10-12-7-8-14(16)21-12)19-9-11-5-3-4-6-13(11)17;/h3-8H,2,9-10H2,1H3,(H2,18,19,20);1H. The molecular weight excluding hydrogens is 480 g/mol. The molecule has 0 aliphatic rings. The molecule has 0 saturated heterocycles. The minimum absolute atomic E-state index is 0. The van der Waals surface area contributed by atoms with E-state index in [1.807, 2.05) is 19.1 Å². The number of aliphatic imine (C=N–C) groups is 1. The first kappa shape index (κ1) is 19.4. The summed E-state index contributed by atoms with van der Waals surface area (Å²) in [7, 11) is 0. The third kappa shape index (κ3) is 6.21. The number of nitrogens with zero attached hydrogens (tertiary/aromatic N) is 1. The lowest BCUT2D eigenvalue weighted by Crippen LogP contribution is -2.36. The summed E-state index contributed by atoms with van der Waals surface area (Å²) in [6.45, 7) is 3.77. The van der Waals surface area contributed by atoms with Gasteiger partial charge in [0.25, 0.3) is 0 Å². The molecule has 22 heavy (non-hydrogen) atoms. The Morgan fingerprint density at radius 1 is 1.23 bits per heavy atom. The van der Waals surface area contributed by atoms with E-state index in [2.05, 4.69) is 37.6 Å². The second-order valence-electron chi connectivity index (χ2n) is 4.35. The van der Waals surface area contributed by atoms with Gasteiger partial charge >= 0.3 is 0 Å². The van der Waals surface area contributed by atoms with Crippen molar-refractivity contribution in [1.29, 1.82) is 0 Å². The fourth-order valence-electron chi connectivity index (χ4n) is 1.75. The van der Waals surface area contributed by atoms with Crippen LogP contribution in [0.25, 0.3) is 0 Å². The lowest BCUT2D eigenvalue weighted by atomic mass is 10.2. The van der Waals surface area contributed by atoms with E-state index in [1.54, 1.807) is 23.5 Å². The molecule has 0 aliphatic heterocycles. The Hall–Kier alpha value is -0.670. The van der Waals surface area contributed by atoms with Crippen molar-refractivity contribution in [1.82, 2.24) is 10.6 Å². The first-order valence-electron chi connectivity index (χ1n) is 6.69. The average molecular weight is 498 g/mol. The number of halogens is 3. The molecule has 1 aromatic carbocycles. The Balaban J connectivity index is 0.00000242. The minimum atomic E-state index is -0.223. The van der Waals surface area contributed by atoms with Gasteiger partial charge in [-0.15, -0.1) is 35.3 Å². The summed E-state index contributed by atoms with van der Waals surface area (Å²) in [5, 5.41) is 6.40. The Morgan fingerprint density at radius 2 is 2.00 bits per heavy atom. The molecule has 1 aromatic heterocycles. The molecule has 7 heteroatoms. The van der Waals surface area contributed by atoms with Gasteiger partial charge in [0.1, 0.15) is 5.82 Å². The normalized spacial score (nSPS) is 11.0. The predicted octanol–water partition coefficient (Wildman–Crippen LogP) is 4.52. The Bertz CT molecular complexity index is 618. The van der Waals surface area contributed by atoms with Crippen LogP contribution in [0.2, 0.25) is 0 Å². The number of guanidine groups is 1. The van der Waals surface area contributed by atoms with Crippen molar-refractivity contribution in [3.63, 3.8) is 0 Å². The minimum Gasteiger partial charge on any atom is -0.357 e. The highest BCUT2D eigenvalue weighted by Crippen LogP contribution is 2.21. The lowest BCUT2D eigenvalue weighted by molar-refractivity contribution is 0.610. The van der Waals surface area contributed by atoms with Crippen molar-refractivity contribution >= 4 is 57.2 Å². The number of hydrogen-bond acceptors (Lipinski definition) is 2. The van der Waals surface area contributed by atoms with Gasteiger partial charge in [0, 0.05) is 17.0 Å². The van der Waals surface area contributed by atoms with Crippen molar-refractivity contribution in [2.45, 2.75) is 20.0 Å². The third-order valence-electron chi connectivity index (χ3n) is 2.77. The van der Waals surface area contributed by atoms with E-state index < -0.39 is 0 Å². The van der Waals surface area contributed by atoms with Gasteiger partial charge in [-0.3, -0.25) is 0 Å². The number of thiophene rings is 1. The Morgan fingerprint density at radius 3 is 2.64 bits per heavy atom. The molecule has 0 amide bonds. The van der Waals surface area contributed by atoms with Gasteiger partial charge in [0.15, 0.2) is 5.96 Å². The second kappa shape index (κ2) is 10.2. The van der Waals surface area contributed by atoms with Gasteiger partial charge in [-0.2, -0.15) is 0 Å². The smallest absolute Gasteiger partial charge is 0.191 e. The number of hydrogen-bond donors (Lipinski definition) is 2. The van der Waals surface area contributed by atoms with Crippen LogP contribution < -0.4 is 10.6 Å². The molecule has 120 valence electrons. The second-order valence-corrected chi connectivity index (χ2v) is 6.89. The van der Waals surface area contributed by atoms with E-state index in [9.17, 15) is 4.39 Å². The van der Waals surface area contributed by atoms with Crippen LogP contribution in [0.15, 0.2) is 45.2 Å². The first-order valence-corrected chi connectivity index (χ1v) is 8.29. The van der Waals surface area contributed by atoms with Crippen LogP contribution in [-0.4, -0.2) is 12.5 Å². The predicted molar refractivity (Wildman–Crippen MR) is 105 cm³/mol. The number of rotatable bonds is 5. The maximum atomic E-state index is 13.6. The van der Waals surface area contributed by atoms with Gasteiger partial charge in [0.2, 0.25) is 0 Å². The molecule has 0 fully saturated rings. The van der Waals surface area contributed by atoms with E-state index >= 15 is 0 Å². The van der Waals surface area contributed by atoms with Crippen molar-refractivity contribution in [2.75, 3.05) is 6.54 Å². The molecule has 2 N–H and O–H groups in total. The number of nitrogens with one attached hydrogen (secondary N) is 2. The fourth-order valence-corrected chi connectivity index (χ4v) is 3.17. The van der Waals surface area contributed by atoms with Crippen molar-refractivity contribution in [2.24, 2.45) is 4.99 Å². The summed E-state index contributed by atoms with van der Waals surface area (Å²) < 4.78 is 14.7. The molecule has 0 radical (unpaired) electrons. The van der Waals surface area contributed by atoms with Crippen LogP contribution in [0.4, 0.5) is 4.39 Å². The molecule has 0 unspecified atom stereocenters. The zero-order valence-corrected chi connectivity index (χ0v) is 16.8. The highest BCUT2D eigenvalue weighted by Gasteiger charge is 2.03. The largest absolute Gasteiger partial charge is 0.357 e. The topological polar surface area (TPSA) is 36.4 Å². The van der Waals surface area contributed by atoms with Gasteiger partial charge in [-0.05, 0) is 41.1 Å². The van der Waals surface area contributed by atoms with E-state index in [-0.39, 0.29) is 29.8 Å². The van der Waals surface area contributed by atoms with E-state index in [0.29, 0.717) is 24.6 Å². The molecular formula is C15H18BrFIN3S. The fraction of sp³-hybridized carbons (Fsp3) is 0.267. The van der Waals surface area contributed by atoms with Crippen LogP contribution in [-0.2, 0) is 13.1 Å². The summed E-state index contributed by atoms with van der Waals surface area (Å²) in [5.74, 6) is 0.463. The summed E-state index contributed by atoms with van der Waals surface area (Å²) >= 11 is 5.12. The van der Waals surface area contributed by atoms with Crippen molar-refractivity contribution in [3.05, 3.63) is 56.4 Å². The van der Waals surface area contributed by atoms with Gasteiger partial charge in [-0.25, -0.2) is 9.38 Å². The molecule has 0 aliphatic carbocycles. The van der Waals surface area contributed by atoms with Crippen molar-refractivity contribution in [3.8, 4) is 0 Å².